The van der Waals surface area contributed by atoms with Crippen molar-refractivity contribution in [2.75, 3.05) is 36.8 Å². The molecule has 0 spiro atoms. The monoisotopic (exact) mass is 976 g/mol. The molecule has 7 aromatic rings. The number of aromatic nitrogens is 8. The number of carbonyl (C=O) groups is 2. The molecule has 10 rings (SSSR count). The van der Waals surface area contributed by atoms with Gasteiger partial charge >= 0.3 is 0 Å². The lowest BCUT2D eigenvalue weighted by Crippen LogP contribution is -2.47. The van der Waals surface area contributed by atoms with Gasteiger partial charge in [0.25, 0.3) is 0 Å². The zero-order valence-corrected chi connectivity index (χ0v) is 39.9. The van der Waals surface area contributed by atoms with Crippen LogP contribution in [0.5, 0.6) is 0 Å². The maximum atomic E-state index is 14.6. The third-order valence-corrected chi connectivity index (χ3v) is 13.9. The topological polar surface area (TPSA) is 174 Å². The fraction of sp³-hybridized carbons (Fsp3) is 0.412. The molecule has 1 aromatic carbocycles. The van der Waals surface area contributed by atoms with E-state index in [9.17, 15) is 18.4 Å². The zero-order chi connectivity index (χ0) is 47.7. The van der Waals surface area contributed by atoms with Gasteiger partial charge in [-0.15, -0.1) is 0 Å². The van der Waals surface area contributed by atoms with Gasteiger partial charge in [-0.2, -0.15) is 0 Å². The Balaban J connectivity index is 0.000000172. The Bertz CT molecular complexity index is 2880. The molecule has 14 nitrogen and oxygen atoms in total. The molecule has 0 bridgehead atoms. The maximum absolute atomic E-state index is 14.6. The zero-order valence-electron chi connectivity index (χ0n) is 38.4. The largest absolute Gasteiger partial charge is 0.365 e. The fourth-order valence-corrected chi connectivity index (χ4v) is 10.2. The summed E-state index contributed by atoms with van der Waals surface area (Å²) in [4.78, 5) is 61.9. The van der Waals surface area contributed by atoms with Gasteiger partial charge in [0, 0.05) is 97.8 Å². The fourth-order valence-electron chi connectivity index (χ4n) is 9.87. The number of aryl methyl sites for hydroxylation is 1. The average Bonchev–Trinajstić information content (AvgIpc) is 4.00. The molecule has 4 N–H and O–H groups in total. The first kappa shape index (κ1) is 47.8. The summed E-state index contributed by atoms with van der Waals surface area (Å²) in [5.74, 6) is 0.826. The number of carbonyl (C=O) groups excluding carboxylic acids is 2. The van der Waals surface area contributed by atoms with Crippen molar-refractivity contribution in [3.05, 3.63) is 107 Å². The Morgan fingerprint density at radius 1 is 0.638 bits per heavy atom. The van der Waals surface area contributed by atoms with E-state index in [1.54, 1.807) is 36.9 Å². The SMILES string of the molecule is O=C(CC1CCCCC1)N1CCCCC1CNc1nc(-c2c[nH]c3ncc(Cl)cc23)ncc1F.O=C(CCc1ccccc1)N1CCCCC1CNc1nc(-c2c[nH]c3ncc(Cl)cc23)ncc1F. The number of pyridine rings is 2. The van der Waals surface area contributed by atoms with Gasteiger partial charge in [0.15, 0.2) is 34.9 Å². The van der Waals surface area contributed by atoms with Crippen molar-refractivity contribution in [2.45, 2.75) is 102 Å². The number of nitrogens with one attached hydrogen (secondary N) is 4. The summed E-state index contributed by atoms with van der Waals surface area (Å²) in [6, 6.07) is 13.6. The van der Waals surface area contributed by atoms with Crippen molar-refractivity contribution >= 4 is 68.7 Å². The number of fused-ring (bicyclic) bond motifs is 2. The standard InChI is InChI=1S/C26H26ClFN6O.C25H30ClFN6O/c27-18-12-20-21(15-31-24(20)29-13-18)25-32-16-22(28)26(33-25)30-14-19-8-4-5-11-34(19)23(35)10-9-17-6-2-1-3-7-17;26-17-11-19-20(14-30-23(19)28-12-17)24-31-15-21(27)25(32-24)29-13-18-8-4-5-9-33(18)22(34)10-16-6-2-1-3-7-16/h1-3,6-7,12-13,15-16,19H,4-5,8-11,14H2,(H,29,31)(H,30,32,33);11-12,14-16,18H,1-10,13H2,(H,28,30)(H,29,31,32). The van der Waals surface area contributed by atoms with E-state index in [-0.39, 0.29) is 35.5 Å². The molecule has 2 saturated heterocycles. The van der Waals surface area contributed by atoms with E-state index in [1.807, 2.05) is 40.1 Å². The predicted octanol–water partition coefficient (Wildman–Crippen LogP) is 10.8. The van der Waals surface area contributed by atoms with Crippen molar-refractivity contribution in [1.29, 1.82) is 0 Å². The summed E-state index contributed by atoms with van der Waals surface area (Å²) in [6.07, 6.45) is 22.7. The highest BCUT2D eigenvalue weighted by Crippen LogP contribution is 2.32. The number of aromatic amines is 2. The third kappa shape index (κ3) is 11.8. The van der Waals surface area contributed by atoms with Crippen molar-refractivity contribution in [1.82, 2.24) is 49.7 Å². The van der Waals surface area contributed by atoms with Crippen molar-refractivity contribution in [3.8, 4) is 22.8 Å². The first-order chi connectivity index (χ1) is 33.7. The number of H-pyrrole nitrogens is 2. The highest BCUT2D eigenvalue weighted by Gasteiger charge is 2.30. The molecule has 3 fully saturated rings. The lowest BCUT2D eigenvalue weighted by Gasteiger charge is -2.37. The van der Waals surface area contributed by atoms with Gasteiger partial charge in [-0.3, -0.25) is 9.59 Å². The van der Waals surface area contributed by atoms with Crippen LogP contribution in [0.2, 0.25) is 10.0 Å². The van der Waals surface area contributed by atoms with Crippen molar-refractivity contribution in [2.24, 2.45) is 5.92 Å². The van der Waals surface area contributed by atoms with E-state index in [0.29, 0.717) is 82.4 Å². The van der Waals surface area contributed by atoms with Crippen LogP contribution < -0.4 is 10.6 Å². The van der Waals surface area contributed by atoms with Gasteiger partial charge in [0.1, 0.15) is 11.3 Å². The van der Waals surface area contributed by atoms with Crippen LogP contribution in [0.25, 0.3) is 44.8 Å². The molecule has 3 aliphatic rings. The molecule has 1 saturated carbocycles. The van der Waals surface area contributed by atoms with Gasteiger partial charge in [0.05, 0.1) is 22.4 Å². The summed E-state index contributed by atoms with van der Waals surface area (Å²) >= 11 is 12.2. The second-order valence-corrected chi connectivity index (χ2v) is 19.1. The molecular weight excluding hydrogens is 922 g/mol. The van der Waals surface area contributed by atoms with Crippen molar-refractivity contribution < 1.29 is 18.4 Å². The number of halogens is 4. The molecule has 69 heavy (non-hydrogen) atoms. The Labute approximate surface area is 409 Å². The summed E-state index contributed by atoms with van der Waals surface area (Å²) < 4.78 is 29.2. The molecule has 1 aliphatic carbocycles. The number of likely N-dealkylation sites (tertiary alicyclic amines) is 2. The summed E-state index contributed by atoms with van der Waals surface area (Å²) in [5.41, 5.74) is 3.86. The number of benzene rings is 1. The molecule has 0 radical (unpaired) electrons. The van der Waals surface area contributed by atoms with E-state index in [0.717, 1.165) is 87.0 Å². The smallest absolute Gasteiger partial charge is 0.223 e. The van der Waals surface area contributed by atoms with Crippen LogP contribution in [0.15, 0.2) is 79.6 Å². The van der Waals surface area contributed by atoms with E-state index < -0.39 is 11.6 Å². The summed E-state index contributed by atoms with van der Waals surface area (Å²) in [5, 5.41) is 8.83. The van der Waals surface area contributed by atoms with Crippen molar-refractivity contribution in [3.63, 3.8) is 0 Å². The molecule has 360 valence electrons. The van der Waals surface area contributed by atoms with Gasteiger partial charge in [-0.1, -0.05) is 72.8 Å². The minimum absolute atomic E-state index is 0.0130. The Hall–Kier alpha value is -6.26. The minimum atomic E-state index is -0.539. The van der Waals surface area contributed by atoms with Crippen LogP contribution in [-0.2, 0) is 16.0 Å². The van der Waals surface area contributed by atoms with Crippen LogP contribution in [0, 0.1) is 17.6 Å². The Morgan fingerprint density at radius 2 is 1.14 bits per heavy atom. The number of amides is 2. The highest BCUT2D eigenvalue weighted by atomic mass is 35.5. The van der Waals surface area contributed by atoms with Crippen LogP contribution in [0.3, 0.4) is 0 Å². The van der Waals surface area contributed by atoms with Crippen LogP contribution in [0.1, 0.15) is 89.0 Å². The Kier molecular flexibility index (Phi) is 15.5. The van der Waals surface area contributed by atoms with Crippen LogP contribution in [0.4, 0.5) is 20.4 Å². The Morgan fingerprint density at radius 3 is 1.68 bits per heavy atom. The number of rotatable bonds is 13. The van der Waals surface area contributed by atoms with Gasteiger partial charge in [0.2, 0.25) is 11.8 Å². The summed E-state index contributed by atoms with van der Waals surface area (Å²) in [7, 11) is 0. The molecule has 6 aromatic heterocycles. The molecule has 2 amide bonds. The average molecular weight is 978 g/mol. The van der Waals surface area contributed by atoms with Crippen LogP contribution >= 0.6 is 23.2 Å². The summed E-state index contributed by atoms with van der Waals surface area (Å²) in [6.45, 7) is 2.38. The number of hydrogen-bond acceptors (Lipinski definition) is 10. The van der Waals surface area contributed by atoms with E-state index >= 15 is 0 Å². The molecule has 2 unspecified atom stereocenters. The molecule has 2 aliphatic heterocycles. The van der Waals surface area contributed by atoms with E-state index in [2.05, 4.69) is 50.5 Å². The number of nitrogens with zero attached hydrogens (tertiary/aromatic N) is 8. The first-order valence-electron chi connectivity index (χ1n) is 24.1. The van der Waals surface area contributed by atoms with Gasteiger partial charge in [-0.25, -0.2) is 38.7 Å². The van der Waals surface area contributed by atoms with Crippen LogP contribution in [-0.4, -0.2) is 99.7 Å². The quantitative estimate of drug-likeness (QED) is 0.0871. The van der Waals surface area contributed by atoms with Gasteiger partial charge in [-0.05, 0) is 81.4 Å². The van der Waals surface area contributed by atoms with E-state index in [4.69, 9.17) is 23.2 Å². The normalized spacial score (nSPS) is 17.7. The molecule has 2 atom stereocenters. The number of hydrogen-bond donors (Lipinski definition) is 4. The second-order valence-electron chi connectivity index (χ2n) is 18.2. The molecule has 8 heterocycles. The lowest BCUT2D eigenvalue weighted by molar-refractivity contribution is -0.136. The number of piperidine rings is 2. The third-order valence-electron chi connectivity index (χ3n) is 13.5. The highest BCUT2D eigenvalue weighted by molar-refractivity contribution is 6.31. The second kappa shape index (κ2) is 22.4. The predicted molar refractivity (Wildman–Crippen MR) is 266 cm³/mol. The molecule has 18 heteroatoms. The maximum Gasteiger partial charge on any atom is 0.223 e. The lowest BCUT2D eigenvalue weighted by atomic mass is 9.86. The van der Waals surface area contributed by atoms with Gasteiger partial charge < -0.3 is 30.4 Å². The molecular formula is C51H56Cl2F2N12O2. The first-order valence-corrected chi connectivity index (χ1v) is 24.8. The number of anilines is 2. The van der Waals surface area contributed by atoms with E-state index in [1.165, 1.54) is 25.5 Å². The minimum Gasteiger partial charge on any atom is -0.365 e.